The predicted molar refractivity (Wildman–Crippen MR) is 103 cm³/mol. The number of hydrogen-bond acceptors (Lipinski definition) is 5. The first-order valence-corrected chi connectivity index (χ1v) is 9.47. The molecule has 2 heterocycles. The molecule has 2 aromatic rings. The lowest BCUT2D eigenvalue weighted by atomic mass is 9.97. The summed E-state index contributed by atoms with van der Waals surface area (Å²) in [5.74, 6) is 0.590. The van der Waals surface area contributed by atoms with E-state index in [1.807, 2.05) is 23.1 Å². The second-order valence-corrected chi connectivity index (χ2v) is 6.90. The minimum Gasteiger partial charge on any atom is -0.382 e. The summed E-state index contributed by atoms with van der Waals surface area (Å²) < 4.78 is 12.1. The molecule has 0 aliphatic carbocycles. The molecule has 1 fully saturated rings. The molecule has 0 atom stereocenters. The van der Waals surface area contributed by atoms with E-state index in [1.54, 1.807) is 13.2 Å². The molecule has 0 saturated carbocycles. The fourth-order valence-corrected chi connectivity index (χ4v) is 3.38. The third-order valence-electron chi connectivity index (χ3n) is 5.05. The lowest BCUT2D eigenvalue weighted by Gasteiger charge is -2.32. The number of carbonyl (C=O) groups excluding carboxylic acids is 1. The number of ether oxygens (including phenoxy) is 2. The minimum atomic E-state index is -0.0969. The monoisotopic (exact) mass is 373 g/mol. The van der Waals surface area contributed by atoms with Crippen LogP contribution in [0.1, 0.15) is 19.3 Å². The van der Waals surface area contributed by atoms with Crippen LogP contribution in [0.15, 0.2) is 35.4 Å². The summed E-state index contributed by atoms with van der Waals surface area (Å²) >= 11 is 0. The zero-order valence-corrected chi connectivity index (χ0v) is 15.8. The molecule has 0 radical (unpaired) electrons. The number of aryl methyl sites for hydroxylation is 1. The van der Waals surface area contributed by atoms with Gasteiger partial charge in [-0.2, -0.15) is 0 Å². The van der Waals surface area contributed by atoms with Gasteiger partial charge < -0.3 is 14.4 Å². The first-order valence-electron chi connectivity index (χ1n) is 9.47. The summed E-state index contributed by atoms with van der Waals surface area (Å²) in [6.45, 7) is 3.81. The molecule has 3 rings (SSSR count). The van der Waals surface area contributed by atoms with Gasteiger partial charge in [0.05, 0.1) is 30.4 Å². The number of nitrogens with zero attached hydrogens (tertiary/aromatic N) is 3. The van der Waals surface area contributed by atoms with Crippen molar-refractivity contribution in [2.75, 3.05) is 40.0 Å². The lowest BCUT2D eigenvalue weighted by Crippen LogP contribution is -2.40. The van der Waals surface area contributed by atoms with Gasteiger partial charge in [0.2, 0.25) is 5.91 Å². The van der Waals surface area contributed by atoms with Crippen LogP contribution in [0.4, 0.5) is 0 Å². The van der Waals surface area contributed by atoms with E-state index >= 15 is 0 Å². The summed E-state index contributed by atoms with van der Waals surface area (Å²) in [6, 6.07) is 7.26. The van der Waals surface area contributed by atoms with Crippen molar-refractivity contribution in [3.63, 3.8) is 0 Å². The minimum absolute atomic E-state index is 0.0915. The van der Waals surface area contributed by atoms with Crippen LogP contribution < -0.4 is 5.56 Å². The number of piperidine rings is 1. The molecule has 1 aliphatic heterocycles. The fraction of sp³-hybridized carbons (Fsp3) is 0.550. The van der Waals surface area contributed by atoms with Crippen molar-refractivity contribution in [2.24, 2.45) is 5.92 Å². The van der Waals surface area contributed by atoms with Crippen molar-refractivity contribution in [3.8, 4) is 0 Å². The maximum Gasteiger partial charge on any atom is 0.261 e. The topological polar surface area (TPSA) is 73.7 Å². The van der Waals surface area contributed by atoms with Crippen LogP contribution in [-0.2, 0) is 20.8 Å². The van der Waals surface area contributed by atoms with E-state index in [2.05, 4.69) is 4.98 Å². The number of likely N-dealkylation sites (tertiary alicyclic amines) is 1. The normalized spacial score (nSPS) is 15.4. The number of aromatic nitrogens is 2. The van der Waals surface area contributed by atoms with Gasteiger partial charge in [-0.15, -0.1) is 0 Å². The molecule has 27 heavy (non-hydrogen) atoms. The van der Waals surface area contributed by atoms with Crippen molar-refractivity contribution in [2.45, 2.75) is 25.8 Å². The average molecular weight is 373 g/mol. The fourth-order valence-electron chi connectivity index (χ4n) is 3.38. The quantitative estimate of drug-likeness (QED) is 0.659. The molecule has 0 bridgehead atoms. The Kier molecular flexibility index (Phi) is 6.95. The highest BCUT2D eigenvalue weighted by Gasteiger charge is 2.22. The Morgan fingerprint density at radius 2 is 2.00 bits per heavy atom. The molecule has 0 N–H and O–H groups in total. The predicted octanol–water partition coefficient (Wildman–Crippen LogP) is 1.69. The van der Waals surface area contributed by atoms with Crippen LogP contribution in [0.5, 0.6) is 0 Å². The highest BCUT2D eigenvalue weighted by Crippen LogP contribution is 2.18. The number of para-hydroxylation sites is 1. The Balaban J connectivity index is 1.46. The molecule has 146 valence electrons. The number of methoxy groups -OCH3 is 1. The largest absolute Gasteiger partial charge is 0.382 e. The number of rotatable bonds is 8. The highest BCUT2D eigenvalue weighted by atomic mass is 16.5. The van der Waals surface area contributed by atoms with Crippen molar-refractivity contribution in [1.29, 1.82) is 0 Å². The highest BCUT2D eigenvalue weighted by molar-refractivity contribution is 5.77. The van der Waals surface area contributed by atoms with Crippen LogP contribution in [-0.4, -0.2) is 60.4 Å². The van der Waals surface area contributed by atoms with Crippen LogP contribution in [0.2, 0.25) is 0 Å². The lowest BCUT2D eigenvalue weighted by molar-refractivity contribution is -0.133. The van der Waals surface area contributed by atoms with Gasteiger partial charge in [-0.1, -0.05) is 12.1 Å². The maximum atomic E-state index is 12.5. The summed E-state index contributed by atoms with van der Waals surface area (Å²) in [5, 5.41) is 0.585. The van der Waals surface area contributed by atoms with Gasteiger partial charge in [-0.25, -0.2) is 4.98 Å². The Morgan fingerprint density at radius 3 is 2.78 bits per heavy atom. The number of fused-ring (bicyclic) bond motifs is 1. The molecule has 7 nitrogen and oxygen atoms in total. The van der Waals surface area contributed by atoms with Gasteiger partial charge in [0.25, 0.3) is 5.56 Å². The van der Waals surface area contributed by atoms with Gasteiger partial charge in [0, 0.05) is 39.8 Å². The summed E-state index contributed by atoms with van der Waals surface area (Å²) in [4.78, 5) is 31.2. The van der Waals surface area contributed by atoms with E-state index in [4.69, 9.17) is 9.47 Å². The van der Waals surface area contributed by atoms with Crippen LogP contribution in [0.25, 0.3) is 10.9 Å². The van der Waals surface area contributed by atoms with Crippen molar-refractivity contribution < 1.29 is 14.3 Å². The zero-order valence-electron chi connectivity index (χ0n) is 15.8. The van der Waals surface area contributed by atoms with E-state index in [9.17, 15) is 9.59 Å². The van der Waals surface area contributed by atoms with E-state index in [0.717, 1.165) is 32.5 Å². The number of benzene rings is 1. The third-order valence-corrected chi connectivity index (χ3v) is 5.05. The molecule has 1 aromatic heterocycles. The molecule has 1 saturated heterocycles. The summed E-state index contributed by atoms with van der Waals surface area (Å²) in [5.41, 5.74) is 0.584. The van der Waals surface area contributed by atoms with Crippen molar-refractivity contribution in [3.05, 3.63) is 40.9 Å². The first kappa shape index (κ1) is 19.5. The van der Waals surface area contributed by atoms with Crippen molar-refractivity contribution in [1.82, 2.24) is 14.5 Å². The van der Waals surface area contributed by atoms with E-state index < -0.39 is 0 Å². The van der Waals surface area contributed by atoms with Crippen LogP contribution >= 0.6 is 0 Å². The second kappa shape index (κ2) is 9.62. The molecule has 0 unspecified atom stereocenters. The zero-order chi connectivity index (χ0) is 19.1. The summed E-state index contributed by atoms with van der Waals surface area (Å²) in [6.07, 6.45) is 3.75. The summed E-state index contributed by atoms with van der Waals surface area (Å²) in [7, 11) is 1.66. The smallest absolute Gasteiger partial charge is 0.261 e. The van der Waals surface area contributed by atoms with Gasteiger partial charge in [-0.05, 0) is 30.9 Å². The SMILES string of the molecule is COCCOCC1CCN(C(=O)CCn2cnc3ccccc3c2=O)CC1. The average Bonchev–Trinajstić information content (AvgIpc) is 2.71. The van der Waals surface area contributed by atoms with Crippen LogP contribution in [0, 0.1) is 5.92 Å². The Bertz CT molecular complexity index is 812. The number of hydrogen-bond donors (Lipinski definition) is 0. The van der Waals surface area contributed by atoms with Gasteiger partial charge in [-0.3, -0.25) is 14.2 Å². The Hall–Kier alpha value is -2.25. The molecule has 0 spiro atoms. The van der Waals surface area contributed by atoms with E-state index in [0.29, 0.717) is 43.0 Å². The number of amides is 1. The Morgan fingerprint density at radius 1 is 1.22 bits per heavy atom. The van der Waals surface area contributed by atoms with Crippen molar-refractivity contribution >= 4 is 16.8 Å². The molecule has 1 aromatic carbocycles. The second-order valence-electron chi connectivity index (χ2n) is 6.90. The molecular weight excluding hydrogens is 346 g/mol. The molecule has 1 aliphatic rings. The van der Waals surface area contributed by atoms with E-state index in [-0.39, 0.29) is 11.5 Å². The van der Waals surface area contributed by atoms with Gasteiger partial charge in [0.1, 0.15) is 0 Å². The molecule has 7 heteroatoms. The van der Waals surface area contributed by atoms with Crippen LogP contribution in [0.3, 0.4) is 0 Å². The standard InChI is InChI=1S/C20H27N3O4/c1-26-12-13-27-14-16-6-9-22(10-7-16)19(24)8-11-23-15-21-18-5-3-2-4-17(18)20(23)25/h2-5,15-16H,6-14H2,1H3. The molecule has 1 amide bonds. The Labute approximate surface area is 158 Å². The number of carbonyl (C=O) groups is 1. The molecular formula is C20H27N3O4. The maximum absolute atomic E-state index is 12.5. The van der Waals surface area contributed by atoms with Gasteiger partial charge >= 0.3 is 0 Å². The van der Waals surface area contributed by atoms with Gasteiger partial charge in [0.15, 0.2) is 0 Å². The van der Waals surface area contributed by atoms with E-state index in [1.165, 1.54) is 10.9 Å². The third kappa shape index (κ3) is 5.14. The first-order chi connectivity index (χ1) is 13.2.